The highest BCUT2D eigenvalue weighted by Gasteiger charge is 2.14. The number of carbonyl (C=O) groups is 1. The quantitative estimate of drug-likeness (QED) is 0.744. The van der Waals surface area contributed by atoms with Gasteiger partial charge in [0.15, 0.2) is 0 Å². The average Bonchev–Trinajstić information content (AvgIpc) is 2.34. The number of anilines is 3. The number of aromatic carboxylic acids is 1. The van der Waals surface area contributed by atoms with Gasteiger partial charge in [-0.1, -0.05) is 23.8 Å². The van der Waals surface area contributed by atoms with Crippen LogP contribution in [0, 0.1) is 20.8 Å². The summed E-state index contributed by atoms with van der Waals surface area (Å²) in [6, 6.07) is 8.97. The predicted molar refractivity (Wildman–Crippen MR) is 81.7 cm³/mol. The molecule has 2 aromatic rings. The summed E-state index contributed by atoms with van der Waals surface area (Å²) in [5.74, 6) is -0.998. The standard InChI is InChI=1S/C16H18N2O2/c1-9-7-10(2)14(11(3)8-9)18-15-12(16(19)20)5-4-6-13(15)17/h4-8,18H,17H2,1-3H3,(H,19,20). The van der Waals surface area contributed by atoms with Crippen molar-refractivity contribution in [2.24, 2.45) is 0 Å². The minimum atomic E-state index is -0.998. The van der Waals surface area contributed by atoms with Crippen LogP contribution < -0.4 is 11.1 Å². The Labute approximate surface area is 118 Å². The van der Waals surface area contributed by atoms with Crippen molar-refractivity contribution in [2.45, 2.75) is 20.8 Å². The van der Waals surface area contributed by atoms with Gasteiger partial charge in [-0.05, 0) is 44.0 Å². The van der Waals surface area contributed by atoms with Crippen molar-refractivity contribution in [3.63, 3.8) is 0 Å². The topological polar surface area (TPSA) is 75.3 Å². The second kappa shape index (κ2) is 5.25. The fourth-order valence-corrected chi connectivity index (χ4v) is 2.39. The molecule has 4 nitrogen and oxygen atoms in total. The highest BCUT2D eigenvalue weighted by Crippen LogP contribution is 2.31. The molecule has 2 rings (SSSR count). The monoisotopic (exact) mass is 270 g/mol. The number of hydrogen-bond donors (Lipinski definition) is 3. The van der Waals surface area contributed by atoms with E-state index >= 15 is 0 Å². The summed E-state index contributed by atoms with van der Waals surface area (Å²) in [5, 5.41) is 12.4. The Kier molecular flexibility index (Phi) is 3.66. The molecule has 0 aromatic heterocycles. The summed E-state index contributed by atoms with van der Waals surface area (Å²) in [6.07, 6.45) is 0. The molecule has 0 aliphatic rings. The summed E-state index contributed by atoms with van der Waals surface area (Å²) in [5.41, 5.74) is 11.1. The number of carboxylic acid groups (broad SMARTS) is 1. The molecule has 4 heteroatoms. The van der Waals surface area contributed by atoms with Crippen molar-refractivity contribution >= 4 is 23.0 Å². The molecule has 0 fully saturated rings. The van der Waals surface area contributed by atoms with E-state index in [2.05, 4.69) is 17.4 Å². The van der Waals surface area contributed by atoms with E-state index in [9.17, 15) is 9.90 Å². The van der Waals surface area contributed by atoms with Crippen LogP contribution in [0.15, 0.2) is 30.3 Å². The molecule has 0 radical (unpaired) electrons. The van der Waals surface area contributed by atoms with Crippen LogP contribution in [-0.4, -0.2) is 11.1 Å². The molecule has 0 aliphatic heterocycles. The van der Waals surface area contributed by atoms with Crippen molar-refractivity contribution in [1.82, 2.24) is 0 Å². The summed E-state index contributed by atoms with van der Waals surface area (Å²) >= 11 is 0. The molecule has 0 heterocycles. The zero-order valence-electron chi connectivity index (χ0n) is 11.8. The summed E-state index contributed by atoms with van der Waals surface area (Å²) in [6.45, 7) is 6.01. The fourth-order valence-electron chi connectivity index (χ4n) is 2.39. The second-order valence-electron chi connectivity index (χ2n) is 4.97. The van der Waals surface area contributed by atoms with Crippen LogP contribution in [0.25, 0.3) is 0 Å². The van der Waals surface area contributed by atoms with Gasteiger partial charge in [0.25, 0.3) is 0 Å². The maximum absolute atomic E-state index is 11.3. The number of rotatable bonds is 3. The smallest absolute Gasteiger partial charge is 0.337 e. The summed E-state index contributed by atoms with van der Waals surface area (Å²) < 4.78 is 0. The number of nitrogen functional groups attached to an aromatic ring is 1. The van der Waals surface area contributed by atoms with Crippen molar-refractivity contribution in [2.75, 3.05) is 11.1 Å². The number of para-hydroxylation sites is 1. The Hall–Kier alpha value is -2.49. The third-order valence-electron chi connectivity index (χ3n) is 3.25. The van der Waals surface area contributed by atoms with Gasteiger partial charge in [-0.3, -0.25) is 0 Å². The van der Waals surface area contributed by atoms with Gasteiger partial charge in [0.05, 0.1) is 16.9 Å². The normalized spacial score (nSPS) is 10.3. The Morgan fingerprint density at radius 2 is 1.70 bits per heavy atom. The lowest BCUT2D eigenvalue weighted by Crippen LogP contribution is -2.07. The van der Waals surface area contributed by atoms with E-state index in [-0.39, 0.29) is 5.56 Å². The van der Waals surface area contributed by atoms with E-state index in [0.717, 1.165) is 16.8 Å². The van der Waals surface area contributed by atoms with Gasteiger partial charge < -0.3 is 16.2 Å². The zero-order valence-corrected chi connectivity index (χ0v) is 11.8. The van der Waals surface area contributed by atoms with Crippen LogP contribution in [0.4, 0.5) is 17.1 Å². The van der Waals surface area contributed by atoms with Crippen molar-refractivity contribution in [1.29, 1.82) is 0 Å². The molecule has 0 saturated heterocycles. The Morgan fingerprint density at radius 3 is 2.25 bits per heavy atom. The molecule has 0 bridgehead atoms. The first-order valence-electron chi connectivity index (χ1n) is 6.37. The van der Waals surface area contributed by atoms with Gasteiger partial charge >= 0.3 is 5.97 Å². The van der Waals surface area contributed by atoms with Crippen molar-refractivity contribution in [3.8, 4) is 0 Å². The minimum Gasteiger partial charge on any atom is -0.478 e. The molecule has 0 atom stereocenters. The van der Waals surface area contributed by atoms with Crippen LogP contribution >= 0.6 is 0 Å². The van der Waals surface area contributed by atoms with Gasteiger partial charge in [0, 0.05) is 5.69 Å². The maximum Gasteiger partial charge on any atom is 0.337 e. The van der Waals surface area contributed by atoms with Gasteiger partial charge in [-0.15, -0.1) is 0 Å². The number of aryl methyl sites for hydroxylation is 3. The van der Waals surface area contributed by atoms with Crippen LogP contribution in [0.3, 0.4) is 0 Å². The number of nitrogens with two attached hydrogens (primary N) is 1. The highest BCUT2D eigenvalue weighted by atomic mass is 16.4. The number of hydrogen-bond acceptors (Lipinski definition) is 3. The molecule has 0 saturated carbocycles. The van der Waals surface area contributed by atoms with Gasteiger partial charge in [0.1, 0.15) is 0 Å². The first-order valence-corrected chi connectivity index (χ1v) is 6.37. The third kappa shape index (κ3) is 2.59. The van der Waals surface area contributed by atoms with E-state index in [1.165, 1.54) is 5.56 Å². The first kappa shape index (κ1) is 13.9. The molecule has 4 N–H and O–H groups in total. The van der Waals surface area contributed by atoms with E-state index in [1.807, 2.05) is 20.8 Å². The summed E-state index contributed by atoms with van der Waals surface area (Å²) in [4.78, 5) is 11.3. The molecular weight excluding hydrogens is 252 g/mol. The Bertz CT molecular complexity index is 655. The summed E-state index contributed by atoms with van der Waals surface area (Å²) in [7, 11) is 0. The predicted octanol–water partition coefficient (Wildman–Crippen LogP) is 3.64. The number of carboxylic acids is 1. The van der Waals surface area contributed by atoms with Crippen LogP contribution in [0.2, 0.25) is 0 Å². The van der Waals surface area contributed by atoms with E-state index in [0.29, 0.717) is 11.4 Å². The van der Waals surface area contributed by atoms with Crippen LogP contribution in [-0.2, 0) is 0 Å². The van der Waals surface area contributed by atoms with Crippen molar-refractivity contribution < 1.29 is 9.90 Å². The highest BCUT2D eigenvalue weighted by molar-refractivity contribution is 5.99. The first-order chi connectivity index (χ1) is 9.40. The van der Waals surface area contributed by atoms with Crippen LogP contribution in [0.1, 0.15) is 27.0 Å². The lowest BCUT2D eigenvalue weighted by Gasteiger charge is -2.17. The van der Waals surface area contributed by atoms with Gasteiger partial charge in [-0.2, -0.15) is 0 Å². The number of benzene rings is 2. The van der Waals surface area contributed by atoms with Gasteiger partial charge in [0.2, 0.25) is 0 Å². The maximum atomic E-state index is 11.3. The SMILES string of the molecule is Cc1cc(C)c(Nc2c(N)cccc2C(=O)O)c(C)c1. The van der Waals surface area contributed by atoms with E-state index in [4.69, 9.17) is 5.73 Å². The Balaban J connectivity index is 2.53. The van der Waals surface area contributed by atoms with Crippen LogP contribution in [0.5, 0.6) is 0 Å². The molecule has 20 heavy (non-hydrogen) atoms. The Morgan fingerprint density at radius 1 is 1.10 bits per heavy atom. The molecular formula is C16H18N2O2. The number of nitrogens with one attached hydrogen (secondary N) is 1. The van der Waals surface area contributed by atoms with Gasteiger partial charge in [-0.25, -0.2) is 4.79 Å². The minimum absolute atomic E-state index is 0.171. The average molecular weight is 270 g/mol. The molecule has 0 amide bonds. The fraction of sp³-hybridized carbons (Fsp3) is 0.188. The molecule has 2 aromatic carbocycles. The van der Waals surface area contributed by atoms with E-state index < -0.39 is 5.97 Å². The molecule has 0 aliphatic carbocycles. The zero-order chi connectivity index (χ0) is 14.9. The third-order valence-corrected chi connectivity index (χ3v) is 3.25. The molecule has 0 spiro atoms. The molecule has 104 valence electrons. The van der Waals surface area contributed by atoms with Crippen molar-refractivity contribution in [3.05, 3.63) is 52.6 Å². The lowest BCUT2D eigenvalue weighted by atomic mass is 10.0. The molecule has 0 unspecified atom stereocenters. The lowest BCUT2D eigenvalue weighted by molar-refractivity contribution is 0.0698. The van der Waals surface area contributed by atoms with E-state index in [1.54, 1.807) is 18.2 Å². The largest absolute Gasteiger partial charge is 0.478 e. The second-order valence-corrected chi connectivity index (χ2v) is 4.97.